The molecule has 1 aromatic heterocycles. The summed E-state index contributed by atoms with van der Waals surface area (Å²) < 4.78 is 39.7. The molecule has 1 atom stereocenters. The third-order valence-electron chi connectivity index (χ3n) is 4.60. The Morgan fingerprint density at radius 2 is 2.17 bits per heavy atom. The van der Waals surface area contributed by atoms with Crippen molar-refractivity contribution in [2.75, 3.05) is 20.4 Å². The van der Waals surface area contributed by atoms with Crippen LogP contribution in [0.15, 0.2) is 35.5 Å². The zero-order valence-electron chi connectivity index (χ0n) is 13.4. The molecule has 0 radical (unpaired) electrons. The lowest BCUT2D eigenvalue weighted by Crippen LogP contribution is -2.35. The first-order valence-corrected chi connectivity index (χ1v) is 9.34. The van der Waals surface area contributed by atoms with Crippen molar-refractivity contribution in [1.29, 1.82) is 0 Å². The van der Waals surface area contributed by atoms with Gasteiger partial charge in [-0.1, -0.05) is 0 Å². The maximum absolute atomic E-state index is 12.8. The molecular weight excluding hydrogens is 330 g/mol. The van der Waals surface area contributed by atoms with E-state index in [0.29, 0.717) is 18.0 Å². The van der Waals surface area contributed by atoms with Gasteiger partial charge in [0.15, 0.2) is 11.5 Å². The first-order valence-electron chi connectivity index (χ1n) is 7.90. The smallest absolute Gasteiger partial charge is 0.242 e. The maximum atomic E-state index is 12.8. The molecule has 2 aliphatic rings. The van der Waals surface area contributed by atoms with Gasteiger partial charge in [0.05, 0.1) is 4.90 Å². The minimum atomic E-state index is -3.55. The highest BCUT2D eigenvalue weighted by molar-refractivity contribution is 7.89. The van der Waals surface area contributed by atoms with E-state index in [9.17, 15) is 8.42 Å². The number of nitrogens with zero attached hydrogens (tertiary/aromatic N) is 3. The topological polar surface area (TPSA) is 73.7 Å². The summed E-state index contributed by atoms with van der Waals surface area (Å²) in [7, 11) is -1.92. The van der Waals surface area contributed by atoms with Crippen molar-refractivity contribution in [1.82, 2.24) is 13.9 Å². The van der Waals surface area contributed by atoms with Gasteiger partial charge in [0, 0.05) is 45.0 Å². The standard InChI is InChI=1S/C16H19N3O4S/c1-18(9-12-2-5-16-17-6-7-19(16)10-12)24(20,21)13-3-4-14-15(8-13)23-11-22-14/h3-4,6-8,12H,2,5,9-11H2,1H3. The Kier molecular flexibility index (Phi) is 3.73. The normalized spacial score (nSPS) is 19.5. The summed E-state index contributed by atoms with van der Waals surface area (Å²) in [6.07, 6.45) is 5.58. The van der Waals surface area contributed by atoms with Crippen LogP contribution in [-0.2, 0) is 23.0 Å². The van der Waals surface area contributed by atoms with Gasteiger partial charge in [0.25, 0.3) is 0 Å². The van der Waals surface area contributed by atoms with Gasteiger partial charge in [-0.15, -0.1) is 0 Å². The number of aryl methyl sites for hydroxylation is 1. The third kappa shape index (κ3) is 2.65. The number of sulfonamides is 1. The van der Waals surface area contributed by atoms with Crippen LogP contribution in [-0.4, -0.2) is 42.7 Å². The number of aromatic nitrogens is 2. The Bertz CT molecular complexity index is 862. The molecule has 0 N–H and O–H groups in total. The molecule has 0 bridgehead atoms. The van der Waals surface area contributed by atoms with E-state index in [1.54, 1.807) is 25.4 Å². The molecule has 24 heavy (non-hydrogen) atoms. The summed E-state index contributed by atoms with van der Waals surface area (Å²) in [4.78, 5) is 4.54. The van der Waals surface area contributed by atoms with Crippen LogP contribution in [0.1, 0.15) is 12.2 Å². The molecule has 0 spiro atoms. The van der Waals surface area contributed by atoms with Crippen LogP contribution < -0.4 is 9.47 Å². The van der Waals surface area contributed by atoms with Crippen LogP contribution in [0.5, 0.6) is 11.5 Å². The van der Waals surface area contributed by atoms with Gasteiger partial charge >= 0.3 is 0 Å². The highest BCUT2D eigenvalue weighted by Crippen LogP contribution is 2.34. The second-order valence-corrected chi connectivity index (χ2v) is 8.25. The Morgan fingerprint density at radius 1 is 1.33 bits per heavy atom. The van der Waals surface area contributed by atoms with Gasteiger partial charge in [0.2, 0.25) is 16.8 Å². The maximum Gasteiger partial charge on any atom is 0.242 e. The van der Waals surface area contributed by atoms with Gasteiger partial charge < -0.3 is 14.0 Å². The zero-order valence-corrected chi connectivity index (χ0v) is 14.2. The average Bonchev–Trinajstić information content (AvgIpc) is 3.22. The number of hydrogen-bond donors (Lipinski definition) is 0. The van der Waals surface area contributed by atoms with Gasteiger partial charge in [-0.05, 0) is 24.5 Å². The summed E-state index contributed by atoms with van der Waals surface area (Å²) in [5.41, 5.74) is 0. The van der Waals surface area contributed by atoms with Gasteiger partial charge in [-0.3, -0.25) is 0 Å². The van der Waals surface area contributed by atoms with E-state index in [-0.39, 0.29) is 17.6 Å². The van der Waals surface area contributed by atoms with Crippen LogP contribution in [0.25, 0.3) is 0 Å². The first-order chi connectivity index (χ1) is 11.5. The highest BCUT2D eigenvalue weighted by Gasteiger charge is 2.28. The monoisotopic (exact) mass is 349 g/mol. The predicted molar refractivity (Wildman–Crippen MR) is 86.4 cm³/mol. The lowest BCUT2D eigenvalue weighted by Gasteiger charge is -2.27. The predicted octanol–water partition coefficient (Wildman–Crippen LogP) is 1.49. The highest BCUT2D eigenvalue weighted by atomic mass is 32.2. The second kappa shape index (κ2) is 5.78. The molecule has 2 aromatic rings. The number of rotatable bonds is 4. The van der Waals surface area contributed by atoms with Crippen molar-refractivity contribution in [3.8, 4) is 11.5 Å². The minimum absolute atomic E-state index is 0.129. The van der Waals surface area contributed by atoms with E-state index in [4.69, 9.17) is 9.47 Å². The lowest BCUT2D eigenvalue weighted by atomic mass is 10.00. The lowest BCUT2D eigenvalue weighted by molar-refractivity contribution is 0.174. The number of benzene rings is 1. The largest absolute Gasteiger partial charge is 0.454 e. The molecule has 2 aliphatic heterocycles. The zero-order chi connectivity index (χ0) is 16.7. The van der Waals surface area contributed by atoms with E-state index in [2.05, 4.69) is 9.55 Å². The van der Waals surface area contributed by atoms with Crippen molar-refractivity contribution < 1.29 is 17.9 Å². The quantitative estimate of drug-likeness (QED) is 0.836. The van der Waals surface area contributed by atoms with E-state index in [1.807, 2.05) is 6.20 Å². The summed E-state index contributed by atoms with van der Waals surface area (Å²) in [6.45, 7) is 1.41. The number of ether oxygens (including phenoxy) is 2. The second-order valence-electron chi connectivity index (χ2n) is 6.20. The molecule has 1 aromatic carbocycles. The summed E-state index contributed by atoms with van der Waals surface area (Å²) >= 11 is 0. The molecule has 4 rings (SSSR count). The Morgan fingerprint density at radius 3 is 3.04 bits per heavy atom. The fourth-order valence-corrected chi connectivity index (χ4v) is 4.53. The molecule has 1 unspecified atom stereocenters. The number of hydrogen-bond acceptors (Lipinski definition) is 5. The van der Waals surface area contributed by atoms with E-state index < -0.39 is 10.0 Å². The third-order valence-corrected chi connectivity index (χ3v) is 6.42. The Balaban J connectivity index is 1.50. The Labute approximate surface area is 140 Å². The summed E-state index contributed by atoms with van der Waals surface area (Å²) in [6, 6.07) is 4.73. The van der Waals surface area contributed by atoms with E-state index >= 15 is 0 Å². The molecule has 0 saturated heterocycles. The van der Waals surface area contributed by atoms with Crippen molar-refractivity contribution in [2.24, 2.45) is 5.92 Å². The Hall–Kier alpha value is -2.06. The SMILES string of the molecule is CN(CC1CCc2nccn2C1)S(=O)(=O)c1ccc2c(c1)OCO2. The molecule has 0 fully saturated rings. The van der Waals surface area contributed by atoms with Crippen molar-refractivity contribution >= 4 is 10.0 Å². The molecular formula is C16H19N3O4S. The van der Waals surface area contributed by atoms with Gasteiger partial charge in [-0.2, -0.15) is 0 Å². The molecule has 8 heteroatoms. The summed E-state index contributed by atoms with van der Waals surface area (Å²) in [5, 5.41) is 0. The van der Waals surface area contributed by atoms with Crippen LogP contribution in [0.2, 0.25) is 0 Å². The van der Waals surface area contributed by atoms with Crippen LogP contribution >= 0.6 is 0 Å². The fourth-order valence-electron chi connectivity index (χ4n) is 3.27. The van der Waals surface area contributed by atoms with Crippen molar-refractivity contribution in [3.05, 3.63) is 36.4 Å². The molecule has 0 aliphatic carbocycles. The molecule has 0 amide bonds. The fraction of sp³-hybridized carbons (Fsp3) is 0.438. The average molecular weight is 349 g/mol. The van der Waals surface area contributed by atoms with Crippen LogP contribution in [0.3, 0.4) is 0 Å². The van der Waals surface area contributed by atoms with Gasteiger partial charge in [-0.25, -0.2) is 17.7 Å². The number of imidazole rings is 1. The first kappa shape index (κ1) is 15.5. The minimum Gasteiger partial charge on any atom is -0.454 e. The van der Waals surface area contributed by atoms with Gasteiger partial charge in [0.1, 0.15) is 5.82 Å². The van der Waals surface area contributed by atoms with Crippen molar-refractivity contribution in [2.45, 2.75) is 24.3 Å². The number of fused-ring (bicyclic) bond motifs is 2. The molecule has 7 nitrogen and oxygen atoms in total. The summed E-state index contributed by atoms with van der Waals surface area (Å²) in [5.74, 6) is 2.41. The molecule has 0 saturated carbocycles. The van der Waals surface area contributed by atoms with Crippen LogP contribution in [0, 0.1) is 5.92 Å². The van der Waals surface area contributed by atoms with E-state index in [1.165, 1.54) is 10.4 Å². The molecule has 128 valence electrons. The van der Waals surface area contributed by atoms with Crippen molar-refractivity contribution in [3.63, 3.8) is 0 Å². The van der Waals surface area contributed by atoms with Crippen LogP contribution in [0.4, 0.5) is 0 Å². The van der Waals surface area contributed by atoms with E-state index in [0.717, 1.165) is 25.2 Å². The molecule has 3 heterocycles.